The molecule has 4 heteroatoms. The molecular formula is C12H17FN2O. The fraction of sp³-hybridized carbons (Fsp3) is 0.417. The molecule has 0 aliphatic carbocycles. The van der Waals surface area contributed by atoms with Gasteiger partial charge in [0.1, 0.15) is 5.82 Å². The third kappa shape index (κ3) is 3.98. The number of hydrazine groups is 1. The zero-order chi connectivity index (χ0) is 12.0. The summed E-state index contributed by atoms with van der Waals surface area (Å²) in [5, 5.41) is 1.24. The van der Waals surface area contributed by atoms with Crippen LogP contribution in [0.15, 0.2) is 24.3 Å². The highest BCUT2D eigenvalue weighted by Crippen LogP contribution is 2.05. The molecule has 1 amide bonds. The normalized spacial score (nSPS) is 10.2. The van der Waals surface area contributed by atoms with Crippen LogP contribution >= 0.6 is 0 Å². The van der Waals surface area contributed by atoms with Crippen molar-refractivity contribution in [3.05, 3.63) is 35.6 Å². The van der Waals surface area contributed by atoms with E-state index >= 15 is 0 Å². The Morgan fingerprint density at radius 1 is 1.38 bits per heavy atom. The second-order valence-electron chi connectivity index (χ2n) is 3.67. The number of halogens is 1. The predicted molar refractivity (Wildman–Crippen MR) is 60.9 cm³/mol. The van der Waals surface area contributed by atoms with Gasteiger partial charge in [-0.3, -0.25) is 9.80 Å². The zero-order valence-electron chi connectivity index (χ0n) is 9.45. The van der Waals surface area contributed by atoms with Crippen LogP contribution in [0.5, 0.6) is 0 Å². The summed E-state index contributed by atoms with van der Waals surface area (Å²) in [6.45, 7) is 2.31. The molecule has 0 saturated carbocycles. The van der Waals surface area contributed by atoms with Crippen LogP contribution in [0.25, 0.3) is 0 Å². The number of nitrogens with two attached hydrogens (primary N) is 1. The molecule has 0 aromatic heterocycles. The number of carbonyl (C=O) groups excluding carboxylic acids is 1. The smallest absolute Gasteiger partial charge is 0.236 e. The third-order valence-corrected chi connectivity index (χ3v) is 2.40. The van der Waals surface area contributed by atoms with Crippen molar-refractivity contribution in [2.75, 3.05) is 6.54 Å². The lowest BCUT2D eigenvalue weighted by Gasteiger charge is -2.15. The summed E-state index contributed by atoms with van der Waals surface area (Å²) in [6.07, 6.45) is 2.01. The molecule has 0 bridgehead atoms. The summed E-state index contributed by atoms with van der Waals surface area (Å²) in [4.78, 5) is 11.2. The molecule has 0 atom stereocenters. The first-order valence-electron chi connectivity index (χ1n) is 5.43. The molecular weight excluding hydrogens is 207 g/mol. The largest absolute Gasteiger partial charge is 0.281 e. The quantitative estimate of drug-likeness (QED) is 0.471. The summed E-state index contributed by atoms with van der Waals surface area (Å²) < 4.78 is 12.6. The van der Waals surface area contributed by atoms with Gasteiger partial charge in [-0.2, -0.15) is 0 Å². The van der Waals surface area contributed by atoms with E-state index in [2.05, 4.69) is 0 Å². The zero-order valence-corrected chi connectivity index (χ0v) is 9.45. The maximum absolute atomic E-state index is 12.6. The SMILES string of the molecule is CCC(=O)N(N)CCCc1ccc(F)cc1. The minimum atomic E-state index is -0.231. The topological polar surface area (TPSA) is 46.3 Å². The molecule has 0 fully saturated rings. The fourth-order valence-corrected chi connectivity index (χ4v) is 1.43. The van der Waals surface area contributed by atoms with E-state index in [9.17, 15) is 9.18 Å². The fourth-order valence-electron chi connectivity index (χ4n) is 1.43. The Bertz CT molecular complexity index is 337. The van der Waals surface area contributed by atoms with Crippen LogP contribution in [0.1, 0.15) is 25.3 Å². The van der Waals surface area contributed by atoms with Crippen LogP contribution < -0.4 is 5.84 Å². The number of amides is 1. The molecule has 1 rings (SSSR count). The maximum atomic E-state index is 12.6. The Morgan fingerprint density at radius 2 is 2.00 bits per heavy atom. The molecule has 0 spiro atoms. The molecule has 0 unspecified atom stereocenters. The highest BCUT2D eigenvalue weighted by Gasteiger charge is 2.05. The van der Waals surface area contributed by atoms with E-state index in [1.807, 2.05) is 0 Å². The summed E-state index contributed by atoms with van der Waals surface area (Å²) in [5.41, 5.74) is 1.05. The second-order valence-corrected chi connectivity index (χ2v) is 3.67. The molecule has 1 aromatic carbocycles. The maximum Gasteiger partial charge on any atom is 0.236 e. The minimum absolute atomic E-state index is 0.0564. The lowest BCUT2D eigenvalue weighted by Crippen LogP contribution is -2.37. The van der Waals surface area contributed by atoms with Crippen molar-refractivity contribution in [2.24, 2.45) is 5.84 Å². The van der Waals surface area contributed by atoms with Crippen molar-refractivity contribution in [3.8, 4) is 0 Å². The van der Waals surface area contributed by atoms with E-state index in [1.165, 1.54) is 17.1 Å². The van der Waals surface area contributed by atoms with E-state index in [0.717, 1.165) is 18.4 Å². The molecule has 0 heterocycles. The molecule has 3 nitrogen and oxygen atoms in total. The predicted octanol–water partition coefficient (Wildman–Crippen LogP) is 1.87. The Kier molecular flexibility index (Phi) is 4.92. The molecule has 1 aromatic rings. The van der Waals surface area contributed by atoms with Crippen molar-refractivity contribution in [1.82, 2.24) is 5.01 Å². The monoisotopic (exact) mass is 224 g/mol. The molecule has 0 radical (unpaired) electrons. The minimum Gasteiger partial charge on any atom is -0.281 e. The van der Waals surface area contributed by atoms with Gasteiger partial charge < -0.3 is 0 Å². The number of aryl methyl sites for hydroxylation is 1. The molecule has 2 N–H and O–H groups in total. The van der Waals surface area contributed by atoms with Crippen LogP contribution in [-0.2, 0) is 11.2 Å². The average molecular weight is 224 g/mol. The number of hydrogen-bond donors (Lipinski definition) is 1. The Balaban J connectivity index is 2.30. The Morgan fingerprint density at radius 3 is 2.56 bits per heavy atom. The first-order chi connectivity index (χ1) is 7.63. The van der Waals surface area contributed by atoms with Gasteiger partial charge in [0, 0.05) is 13.0 Å². The van der Waals surface area contributed by atoms with Gasteiger partial charge in [0.15, 0.2) is 0 Å². The van der Waals surface area contributed by atoms with Crippen LogP contribution in [0.4, 0.5) is 4.39 Å². The summed E-state index contributed by atoms with van der Waals surface area (Å²) in [6, 6.07) is 6.37. The molecule has 0 saturated heterocycles. The van der Waals surface area contributed by atoms with Crippen LogP contribution in [0, 0.1) is 5.82 Å². The van der Waals surface area contributed by atoms with E-state index in [-0.39, 0.29) is 11.7 Å². The lowest BCUT2D eigenvalue weighted by atomic mass is 10.1. The van der Waals surface area contributed by atoms with Gasteiger partial charge in [0.2, 0.25) is 5.91 Å². The highest BCUT2D eigenvalue weighted by atomic mass is 19.1. The van der Waals surface area contributed by atoms with E-state index in [0.29, 0.717) is 13.0 Å². The van der Waals surface area contributed by atoms with Gasteiger partial charge in [0.25, 0.3) is 0 Å². The lowest BCUT2D eigenvalue weighted by molar-refractivity contribution is -0.131. The van der Waals surface area contributed by atoms with Crippen molar-refractivity contribution in [3.63, 3.8) is 0 Å². The summed E-state index contributed by atoms with van der Waals surface area (Å²) in [7, 11) is 0. The number of hydrogen-bond acceptors (Lipinski definition) is 2. The summed E-state index contributed by atoms with van der Waals surface area (Å²) >= 11 is 0. The van der Waals surface area contributed by atoms with E-state index in [1.54, 1.807) is 19.1 Å². The number of benzene rings is 1. The Hall–Kier alpha value is -1.42. The molecule has 16 heavy (non-hydrogen) atoms. The van der Waals surface area contributed by atoms with E-state index < -0.39 is 0 Å². The van der Waals surface area contributed by atoms with Crippen molar-refractivity contribution in [2.45, 2.75) is 26.2 Å². The van der Waals surface area contributed by atoms with Gasteiger partial charge in [-0.15, -0.1) is 0 Å². The number of carbonyl (C=O) groups is 1. The van der Waals surface area contributed by atoms with Gasteiger partial charge >= 0.3 is 0 Å². The molecule has 0 aliphatic rings. The number of nitrogens with zero attached hydrogens (tertiary/aromatic N) is 1. The summed E-state index contributed by atoms with van der Waals surface area (Å²) in [5.74, 6) is 5.25. The van der Waals surface area contributed by atoms with Gasteiger partial charge in [-0.05, 0) is 30.5 Å². The van der Waals surface area contributed by atoms with Crippen LogP contribution in [0.2, 0.25) is 0 Å². The van der Waals surface area contributed by atoms with Gasteiger partial charge in [-0.25, -0.2) is 10.2 Å². The first-order valence-corrected chi connectivity index (χ1v) is 5.43. The van der Waals surface area contributed by atoms with E-state index in [4.69, 9.17) is 5.84 Å². The van der Waals surface area contributed by atoms with Crippen molar-refractivity contribution in [1.29, 1.82) is 0 Å². The van der Waals surface area contributed by atoms with Crippen molar-refractivity contribution >= 4 is 5.91 Å². The standard InChI is InChI=1S/C12H17FN2O/c1-2-12(16)15(14)9-3-4-10-5-7-11(13)8-6-10/h5-8H,2-4,9,14H2,1H3. The van der Waals surface area contributed by atoms with Crippen LogP contribution in [-0.4, -0.2) is 17.5 Å². The average Bonchev–Trinajstić information content (AvgIpc) is 2.30. The Labute approximate surface area is 95.0 Å². The van der Waals surface area contributed by atoms with Gasteiger partial charge in [-0.1, -0.05) is 19.1 Å². The van der Waals surface area contributed by atoms with Crippen LogP contribution in [0.3, 0.4) is 0 Å². The highest BCUT2D eigenvalue weighted by molar-refractivity contribution is 5.75. The number of rotatable bonds is 5. The molecule has 0 aliphatic heterocycles. The van der Waals surface area contributed by atoms with Gasteiger partial charge in [0.05, 0.1) is 0 Å². The second kappa shape index (κ2) is 6.23. The van der Waals surface area contributed by atoms with Crippen molar-refractivity contribution < 1.29 is 9.18 Å². The first kappa shape index (κ1) is 12.6. The molecule has 88 valence electrons. The third-order valence-electron chi connectivity index (χ3n) is 2.40.